The number of carbonyl (C=O) groups is 2. The first-order valence-electron chi connectivity index (χ1n) is 6.42. The molecule has 0 saturated heterocycles. The molecule has 0 bridgehead atoms. The lowest BCUT2D eigenvalue weighted by Crippen LogP contribution is -2.57. The molecule has 106 valence electrons. The summed E-state index contributed by atoms with van der Waals surface area (Å²) in [6.07, 6.45) is 0.828. The molecule has 0 rings (SSSR count). The molecule has 1 unspecified atom stereocenters. The van der Waals surface area contributed by atoms with Crippen LogP contribution in [0.1, 0.15) is 41.0 Å². The Bertz CT molecular complexity index is 297. The predicted octanol–water partition coefficient (Wildman–Crippen LogP) is 0.637. The van der Waals surface area contributed by atoms with Gasteiger partial charge in [-0.25, -0.2) is 0 Å². The molecule has 0 fully saturated rings. The quantitative estimate of drug-likeness (QED) is 0.675. The third-order valence-electron chi connectivity index (χ3n) is 3.22. The molecular weight excluding hydrogens is 230 g/mol. The van der Waals surface area contributed by atoms with E-state index in [9.17, 15) is 9.59 Å². The highest BCUT2D eigenvalue weighted by Gasteiger charge is 2.33. The summed E-state index contributed by atoms with van der Waals surface area (Å²) in [5.41, 5.74) is 5.50. The third kappa shape index (κ3) is 4.64. The van der Waals surface area contributed by atoms with Crippen molar-refractivity contribution >= 4 is 11.8 Å². The van der Waals surface area contributed by atoms with Gasteiger partial charge in [0, 0.05) is 7.05 Å². The highest BCUT2D eigenvalue weighted by molar-refractivity contribution is 5.90. The molecule has 0 heterocycles. The monoisotopic (exact) mass is 257 g/mol. The van der Waals surface area contributed by atoms with Gasteiger partial charge in [0.05, 0.1) is 6.04 Å². The number of nitrogens with two attached hydrogens (primary N) is 1. The highest BCUT2D eigenvalue weighted by atomic mass is 16.2. The molecule has 5 nitrogen and oxygen atoms in total. The fraction of sp³-hybridized carbons (Fsp3) is 0.846. The van der Waals surface area contributed by atoms with E-state index in [1.165, 1.54) is 0 Å². The lowest BCUT2D eigenvalue weighted by Gasteiger charge is -2.31. The van der Waals surface area contributed by atoms with Crippen molar-refractivity contribution in [3.63, 3.8) is 0 Å². The molecule has 0 aromatic rings. The Morgan fingerprint density at radius 3 is 2.06 bits per heavy atom. The lowest BCUT2D eigenvalue weighted by atomic mass is 9.85. The topological polar surface area (TPSA) is 84.2 Å². The van der Waals surface area contributed by atoms with Crippen LogP contribution in [0.4, 0.5) is 0 Å². The van der Waals surface area contributed by atoms with Crippen LogP contribution in [0.3, 0.4) is 0 Å². The Morgan fingerprint density at radius 1 is 1.22 bits per heavy atom. The summed E-state index contributed by atoms with van der Waals surface area (Å²) in [7, 11) is 1.56. The third-order valence-corrected chi connectivity index (χ3v) is 3.22. The summed E-state index contributed by atoms with van der Waals surface area (Å²) in [5, 5.41) is 5.31. The van der Waals surface area contributed by atoms with Crippen LogP contribution in [0, 0.1) is 11.3 Å². The second-order valence-electron chi connectivity index (χ2n) is 5.83. The molecule has 3 atom stereocenters. The summed E-state index contributed by atoms with van der Waals surface area (Å²) in [6.45, 7) is 9.62. The molecule has 2 amide bonds. The maximum Gasteiger partial charge on any atom is 0.242 e. The number of carbonyl (C=O) groups excluding carboxylic acids is 2. The molecule has 0 aromatic carbocycles. The number of rotatable bonds is 5. The van der Waals surface area contributed by atoms with Crippen molar-refractivity contribution in [1.82, 2.24) is 10.6 Å². The van der Waals surface area contributed by atoms with Gasteiger partial charge in [-0.1, -0.05) is 41.0 Å². The summed E-state index contributed by atoms with van der Waals surface area (Å²) in [4.78, 5) is 23.8. The summed E-state index contributed by atoms with van der Waals surface area (Å²) in [6, 6.07) is -1.16. The second-order valence-corrected chi connectivity index (χ2v) is 5.83. The van der Waals surface area contributed by atoms with Gasteiger partial charge in [0.15, 0.2) is 0 Å². The van der Waals surface area contributed by atoms with E-state index in [1.54, 1.807) is 7.05 Å². The Balaban J connectivity index is 4.80. The minimum absolute atomic E-state index is 0.0929. The van der Waals surface area contributed by atoms with E-state index < -0.39 is 12.1 Å². The first-order chi connectivity index (χ1) is 8.15. The van der Waals surface area contributed by atoms with Gasteiger partial charge < -0.3 is 16.4 Å². The lowest BCUT2D eigenvalue weighted by molar-refractivity contribution is -0.132. The van der Waals surface area contributed by atoms with E-state index in [0.29, 0.717) is 0 Å². The first kappa shape index (κ1) is 16.9. The van der Waals surface area contributed by atoms with Gasteiger partial charge in [0.25, 0.3) is 0 Å². The van der Waals surface area contributed by atoms with Crippen molar-refractivity contribution in [3.05, 3.63) is 0 Å². The molecule has 5 heteroatoms. The van der Waals surface area contributed by atoms with Crippen molar-refractivity contribution in [2.75, 3.05) is 7.05 Å². The van der Waals surface area contributed by atoms with Crippen molar-refractivity contribution in [2.24, 2.45) is 17.1 Å². The number of likely N-dealkylation sites (N-methyl/N-ethyl adjacent to an activating group) is 1. The zero-order valence-corrected chi connectivity index (χ0v) is 12.3. The molecular formula is C13H27N3O2. The van der Waals surface area contributed by atoms with E-state index in [2.05, 4.69) is 10.6 Å². The van der Waals surface area contributed by atoms with Gasteiger partial charge in [0.2, 0.25) is 11.8 Å². The van der Waals surface area contributed by atoms with Crippen molar-refractivity contribution in [2.45, 2.75) is 53.1 Å². The van der Waals surface area contributed by atoms with Crippen LogP contribution in [-0.4, -0.2) is 30.9 Å². The largest absolute Gasteiger partial charge is 0.357 e. The predicted molar refractivity (Wildman–Crippen MR) is 72.9 cm³/mol. The van der Waals surface area contributed by atoms with Crippen LogP contribution in [0.15, 0.2) is 0 Å². The Labute approximate surface area is 110 Å². The summed E-state index contributed by atoms with van der Waals surface area (Å²) >= 11 is 0. The smallest absolute Gasteiger partial charge is 0.242 e. The van der Waals surface area contributed by atoms with Crippen LogP contribution in [0.2, 0.25) is 0 Å². The minimum atomic E-state index is -0.579. The van der Waals surface area contributed by atoms with E-state index >= 15 is 0 Å². The molecule has 4 N–H and O–H groups in total. The van der Waals surface area contributed by atoms with Crippen molar-refractivity contribution in [3.8, 4) is 0 Å². The van der Waals surface area contributed by atoms with Crippen LogP contribution in [-0.2, 0) is 9.59 Å². The molecule has 0 saturated carbocycles. The molecule has 0 spiro atoms. The zero-order chi connectivity index (χ0) is 14.5. The van der Waals surface area contributed by atoms with Gasteiger partial charge in [-0.2, -0.15) is 0 Å². The molecule has 0 aliphatic heterocycles. The minimum Gasteiger partial charge on any atom is -0.357 e. The van der Waals surface area contributed by atoms with Gasteiger partial charge in [-0.3, -0.25) is 9.59 Å². The van der Waals surface area contributed by atoms with Crippen LogP contribution < -0.4 is 16.4 Å². The van der Waals surface area contributed by atoms with Crippen molar-refractivity contribution in [1.29, 1.82) is 0 Å². The van der Waals surface area contributed by atoms with E-state index in [0.717, 1.165) is 6.42 Å². The fourth-order valence-corrected chi connectivity index (χ4v) is 1.57. The Hall–Kier alpha value is -1.10. The first-order valence-corrected chi connectivity index (χ1v) is 6.42. The maximum absolute atomic E-state index is 12.0. The van der Waals surface area contributed by atoms with Crippen LogP contribution >= 0.6 is 0 Å². The maximum atomic E-state index is 12.0. The van der Waals surface area contributed by atoms with Crippen LogP contribution in [0.5, 0.6) is 0 Å². The zero-order valence-electron chi connectivity index (χ0n) is 12.3. The van der Waals surface area contributed by atoms with Gasteiger partial charge in [0.1, 0.15) is 6.04 Å². The highest BCUT2D eigenvalue weighted by Crippen LogP contribution is 2.19. The van der Waals surface area contributed by atoms with E-state index in [-0.39, 0.29) is 23.1 Å². The van der Waals surface area contributed by atoms with E-state index in [1.807, 2.05) is 34.6 Å². The summed E-state index contributed by atoms with van der Waals surface area (Å²) < 4.78 is 0. The Morgan fingerprint density at radius 2 is 1.72 bits per heavy atom. The van der Waals surface area contributed by atoms with E-state index in [4.69, 9.17) is 5.73 Å². The Kier molecular flexibility index (Phi) is 6.32. The summed E-state index contributed by atoms with van der Waals surface area (Å²) in [5.74, 6) is -0.379. The van der Waals surface area contributed by atoms with Crippen LogP contribution in [0.25, 0.3) is 0 Å². The van der Waals surface area contributed by atoms with Crippen molar-refractivity contribution < 1.29 is 9.59 Å². The SMILES string of the molecule is CCC(C)[C@H](N)C(=O)N[C@H](C(=O)NC)C(C)(C)C. The average Bonchev–Trinajstić information content (AvgIpc) is 2.31. The van der Waals surface area contributed by atoms with Gasteiger partial charge in [-0.15, -0.1) is 0 Å². The molecule has 0 aliphatic carbocycles. The average molecular weight is 257 g/mol. The molecule has 18 heavy (non-hydrogen) atoms. The molecule has 0 aromatic heterocycles. The standard InChI is InChI=1S/C13H27N3O2/c1-7-8(2)9(14)11(17)16-10(12(18)15-6)13(3,4)5/h8-10H,7,14H2,1-6H3,(H,15,18)(H,16,17)/t8?,9-,10+/m0/s1. The number of nitrogens with one attached hydrogen (secondary N) is 2. The number of hydrogen-bond acceptors (Lipinski definition) is 3. The molecule has 0 radical (unpaired) electrons. The van der Waals surface area contributed by atoms with Gasteiger partial charge >= 0.3 is 0 Å². The fourth-order valence-electron chi connectivity index (χ4n) is 1.57. The number of hydrogen-bond donors (Lipinski definition) is 3. The molecule has 0 aliphatic rings. The second kappa shape index (κ2) is 6.73. The normalized spacial score (nSPS) is 16.6. The van der Waals surface area contributed by atoms with Gasteiger partial charge in [-0.05, 0) is 11.3 Å². The number of amides is 2.